The lowest BCUT2D eigenvalue weighted by atomic mass is 10.2. The van der Waals surface area contributed by atoms with Crippen LogP contribution in [0.15, 0.2) is 53.4 Å². The van der Waals surface area contributed by atoms with Gasteiger partial charge in [0.1, 0.15) is 6.61 Å². The van der Waals surface area contributed by atoms with E-state index in [-0.39, 0.29) is 12.5 Å². The Morgan fingerprint density at radius 3 is 2.54 bits per heavy atom. The molecular weight excluding hydrogens is 376 g/mol. The van der Waals surface area contributed by atoms with Crippen LogP contribution in [0.2, 0.25) is 5.02 Å². The number of carbonyl (C=O) groups excluding carboxylic acids is 2. The molecule has 1 aliphatic rings. The smallest absolute Gasteiger partial charge is 0.283 e. The summed E-state index contributed by atoms with van der Waals surface area (Å²) in [5.74, 6) is 0.289. The number of benzene rings is 2. The van der Waals surface area contributed by atoms with Gasteiger partial charge in [-0.05, 0) is 43.3 Å². The van der Waals surface area contributed by atoms with E-state index in [1.54, 1.807) is 37.3 Å². The van der Waals surface area contributed by atoms with Gasteiger partial charge in [0, 0.05) is 9.92 Å². The average molecular weight is 393 g/mol. The van der Waals surface area contributed by atoms with Crippen LogP contribution in [0, 0.1) is 0 Å². The number of hydrogen-bond acceptors (Lipinski definition) is 5. The van der Waals surface area contributed by atoms with Crippen LogP contribution >= 0.6 is 23.4 Å². The van der Waals surface area contributed by atoms with Crippen molar-refractivity contribution < 1.29 is 19.1 Å². The zero-order valence-electron chi connectivity index (χ0n) is 13.9. The third-order valence-electron chi connectivity index (χ3n) is 3.61. The minimum atomic E-state index is -0.829. The Balaban J connectivity index is 1.48. The SMILES string of the molecule is C[C@H](Sc1ccc(Cl)cc1)C(=O)NNC(=O)[C@H]1COc2ccccc2O1. The molecule has 2 aromatic rings. The standard InChI is InChI=1S/C18H17ClN2O4S/c1-11(26-13-8-6-12(19)7-9-13)17(22)20-21-18(23)16-10-24-14-4-2-3-5-15(14)25-16/h2-9,11,16H,10H2,1H3,(H,20,22)(H,21,23)/t11-,16+/m0/s1. The Bertz CT molecular complexity index is 800. The van der Waals surface area contributed by atoms with Crippen molar-refractivity contribution in [3.05, 3.63) is 53.6 Å². The highest BCUT2D eigenvalue weighted by Gasteiger charge is 2.28. The van der Waals surface area contributed by atoms with Gasteiger partial charge in [-0.25, -0.2) is 0 Å². The Morgan fingerprint density at radius 2 is 1.81 bits per heavy atom. The summed E-state index contributed by atoms with van der Waals surface area (Å²) in [5, 5.41) is 0.232. The summed E-state index contributed by atoms with van der Waals surface area (Å²) in [6.07, 6.45) is -0.829. The van der Waals surface area contributed by atoms with E-state index in [1.165, 1.54) is 11.8 Å². The molecule has 1 aliphatic heterocycles. The van der Waals surface area contributed by atoms with Gasteiger partial charge in [-0.3, -0.25) is 20.4 Å². The van der Waals surface area contributed by atoms with Gasteiger partial charge in [0.15, 0.2) is 11.5 Å². The number of halogens is 1. The van der Waals surface area contributed by atoms with E-state index in [2.05, 4.69) is 10.9 Å². The number of ether oxygens (including phenoxy) is 2. The lowest BCUT2D eigenvalue weighted by Gasteiger charge is -2.25. The van der Waals surface area contributed by atoms with Gasteiger partial charge in [0.25, 0.3) is 11.8 Å². The van der Waals surface area contributed by atoms with E-state index in [4.69, 9.17) is 21.1 Å². The molecule has 0 saturated carbocycles. The number of rotatable bonds is 4. The number of hydrazine groups is 1. The van der Waals surface area contributed by atoms with E-state index in [9.17, 15) is 9.59 Å². The highest BCUT2D eigenvalue weighted by molar-refractivity contribution is 8.00. The fourth-order valence-electron chi connectivity index (χ4n) is 2.22. The van der Waals surface area contributed by atoms with Crippen LogP contribution in [0.5, 0.6) is 11.5 Å². The summed E-state index contributed by atoms with van der Waals surface area (Å²) in [6.45, 7) is 1.82. The van der Waals surface area contributed by atoms with Crippen LogP contribution in [0.25, 0.3) is 0 Å². The Labute approximate surface area is 160 Å². The second-order valence-corrected chi connectivity index (χ2v) is 7.41. The molecule has 3 rings (SSSR count). The number of para-hydroxylation sites is 2. The van der Waals surface area contributed by atoms with Gasteiger partial charge >= 0.3 is 0 Å². The van der Waals surface area contributed by atoms with Crippen LogP contribution in [-0.2, 0) is 9.59 Å². The first-order chi connectivity index (χ1) is 12.5. The number of fused-ring (bicyclic) bond motifs is 1. The molecule has 6 nitrogen and oxygen atoms in total. The zero-order valence-corrected chi connectivity index (χ0v) is 15.5. The molecule has 1 heterocycles. The number of nitrogens with one attached hydrogen (secondary N) is 2. The van der Waals surface area contributed by atoms with Crippen LogP contribution in [0.3, 0.4) is 0 Å². The zero-order chi connectivity index (χ0) is 18.5. The number of amides is 2. The average Bonchev–Trinajstić information content (AvgIpc) is 2.67. The van der Waals surface area contributed by atoms with E-state index >= 15 is 0 Å². The molecule has 8 heteroatoms. The molecule has 0 bridgehead atoms. The maximum Gasteiger partial charge on any atom is 0.283 e. The van der Waals surface area contributed by atoms with Gasteiger partial charge in [-0.15, -0.1) is 11.8 Å². The van der Waals surface area contributed by atoms with Crippen molar-refractivity contribution in [2.75, 3.05) is 6.61 Å². The Hall–Kier alpha value is -2.38. The van der Waals surface area contributed by atoms with Crippen molar-refractivity contribution in [3.63, 3.8) is 0 Å². The summed E-state index contributed by atoms with van der Waals surface area (Å²) in [7, 11) is 0. The quantitative estimate of drug-likeness (QED) is 0.618. The van der Waals surface area contributed by atoms with Gasteiger partial charge in [-0.1, -0.05) is 23.7 Å². The summed E-state index contributed by atoms with van der Waals surface area (Å²) in [6, 6.07) is 14.3. The lowest BCUT2D eigenvalue weighted by molar-refractivity contribution is -0.134. The van der Waals surface area contributed by atoms with Crippen molar-refractivity contribution in [2.24, 2.45) is 0 Å². The van der Waals surface area contributed by atoms with Crippen LogP contribution in [0.1, 0.15) is 6.92 Å². The molecule has 136 valence electrons. The predicted octanol–water partition coefficient (Wildman–Crippen LogP) is 2.81. The van der Waals surface area contributed by atoms with E-state index in [1.807, 2.05) is 18.2 Å². The normalized spacial score (nSPS) is 16.5. The third-order valence-corrected chi connectivity index (χ3v) is 4.97. The van der Waals surface area contributed by atoms with Gasteiger partial charge < -0.3 is 9.47 Å². The predicted molar refractivity (Wildman–Crippen MR) is 99.4 cm³/mol. The Morgan fingerprint density at radius 1 is 1.12 bits per heavy atom. The molecule has 0 fully saturated rings. The highest BCUT2D eigenvalue weighted by atomic mass is 35.5. The molecule has 0 saturated heterocycles. The molecule has 0 unspecified atom stereocenters. The topological polar surface area (TPSA) is 76.7 Å². The minimum absolute atomic E-state index is 0.0772. The molecule has 0 aromatic heterocycles. The summed E-state index contributed by atoms with van der Waals surface area (Å²) < 4.78 is 11.1. The first kappa shape index (κ1) is 18.4. The fourth-order valence-corrected chi connectivity index (χ4v) is 3.22. The maximum absolute atomic E-state index is 12.2. The maximum atomic E-state index is 12.2. The van der Waals surface area contributed by atoms with E-state index in [0.717, 1.165) is 4.90 Å². The van der Waals surface area contributed by atoms with Gasteiger partial charge in [0.2, 0.25) is 6.10 Å². The molecule has 2 aromatic carbocycles. The van der Waals surface area contributed by atoms with Gasteiger partial charge in [0.05, 0.1) is 5.25 Å². The molecule has 2 amide bonds. The monoisotopic (exact) mass is 392 g/mol. The second-order valence-electron chi connectivity index (χ2n) is 5.56. The number of hydrogen-bond donors (Lipinski definition) is 2. The minimum Gasteiger partial charge on any atom is -0.485 e. The highest BCUT2D eigenvalue weighted by Crippen LogP contribution is 2.30. The summed E-state index contributed by atoms with van der Waals surface area (Å²) >= 11 is 7.20. The van der Waals surface area contributed by atoms with Crippen molar-refractivity contribution in [1.29, 1.82) is 0 Å². The molecule has 2 atom stereocenters. The molecule has 2 N–H and O–H groups in total. The van der Waals surface area contributed by atoms with Crippen molar-refractivity contribution in [1.82, 2.24) is 10.9 Å². The summed E-state index contributed by atoms with van der Waals surface area (Å²) in [5.41, 5.74) is 4.80. The second kappa shape index (κ2) is 8.33. The first-order valence-corrected chi connectivity index (χ1v) is 9.19. The largest absolute Gasteiger partial charge is 0.485 e. The molecule has 0 spiro atoms. The van der Waals surface area contributed by atoms with Crippen LogP contribution in [-0.4, -0.2) is 29.8 Å². The van der Waals surface area contributed by atoms with Gasteiger partial charge in [-0.2, -0.15) is 0 Å². The molecule has 0 radical (unpaired) electrons. The van der Waals surface area contributed by atoms with Crippen molar-refractivity contribution in [3.8, 4) is 11.5 Å². The van der Waals surface area contributed by atoms with Crippen LogP contribution in [0.4, 0.5) is 0 Å². The third kappa shape index (κ3) is 4.62. The van der Waals surface area contributed by atoms with Crippen molar-refractivity contribution in [2.45, 2.75) is 23.2 Å². The van der Waals surface area contributed by atoms with E-state index < -0.39 is 17.3 Å². The number of thioether (sulfide) groups is 1. The number of carbonyl (C=O) groups is 2. The molecule has 26 heavy (non-hydrogen) atoms. The van der Waals surface area contributed by atoms with E-state index in [0.29, 0.717) is 16.5 Å². The molecular formula is C18H17ClN2O4S. The van der Waals surface area contributed by atoms with Crippen LogP contribution < -0.4 is 20.3 Å². The first-order valence-electron chi connectivity index (χ1n) is 7.93. The molecule has 0 aliphatic carbocycles. The summed E-state index contributed by atoms with van der Waals surface area (Å²) in [4.78, 5) is 25.2. The fraction of sp³-hybridized carbons (Fsp3) is 0.222. The van der Waals surface area contributed by atoms with Crippen molar-refractivity contribution >= 4 is 35.2 Å². The lowest BCUT2D eigenvalue weighted by Crippen LogP contribution is -2.52. The Kier molecular flexibility index (Phi) is 5.90.